The van der Waals surface area contributed by atoms with Crippen LogP contribution in [0, 0.1) is 12.8 Å². The Bertz CT molecular complexity index is 399. The standard InChI is InChI=1S/C15H28N4/c1-10(2)8-6-7-9-17-15-12(5)13(16)18-14(19-15)11(3)4/h10-11H,6-9H2,1-5H3,(H3,16,17,18,19). The summed E-state index contributed by atoms with van der Waals surface area (Å²) in [5.41, 5.74) is 6.89. The maximum atomic E-state index is 5.94. The molecule has 0 aliphatic rings. The van der Waals surface area contributed by atoms with Crippen molar-refractivity contribution in [1.82, 2.24) is 9.97 Å². The maximum absolute atomic E-state index is 5.94. The van der Waals surface area contributed by atoms with Gasteiger partial charge in [-0.1, -0.05) is 40.5 Å². The van der Waals surface area contributed by atoms with E-state index in [4.69, 9.17) is 5.73 Å². The lowest BCUT2D eigenvalue weighted by molar-refractivity contribution is 0.544. The summed E-state index contributed by atoms with van der Waals surface area (Å²) in [5.74, 6) is 3.37. The SMILES string of the molecule is Cc1c(N)nc(C(C)C)nc1NCCCCC(C)C. The molecule has 19 heavy (non-hydrogen) atoms. The molecule has 0 amide bonds. The van der Waals surface area contributed by atoms with Gasteiger partial charge in [-0.25, -0.2) is 9.97 Å². The van der Waals surface area contributed by atoms with Crippen LogP contribution in [-0.2, 0) is 0 Å². The summed E-state index contributed by atoms with van der Waals surface area (Å²) in [6.07, 6.45) is 3.70. The molecule has 0 spiro atoms. The first-order chi connectivity index (χ1) is 8.91. The number of hydrogen-bond acceptors (Lipinski definition) is 4. The van der Waals surface area contributed by atoms with E-state index in [-0.39, 0.29) is 0 Å². The first kappa shape index (κ1) is 15.7. The highest BCUT2D eigenvalue weighted by Crippen LogP contribution is 2.21. The zero-order valence-electron chi connectivity index (χ0n) is 13.0. The van der Waals surface area contributed by atoms with Crippen LogP contribution in [0.4, 0.5) is 11.6 Å². The highest BCUT2D eigenvalue weighted by molar-refractivity contribution is 5.54. The lowest BCUT2D eigenvalue weighted by Gasteiger charge is -2.13. The van der Waals surface area contributed by atoms with Crippen LogP contribution >= 0.6 is 0 Å². The smallest absolute Gasteiger partial charge is 0.135 e. The Morgan fingerprint density at radius 1 is 1.11 bits per heavy atom. The van der Waals surface area contributed by atoms with Crippen LogP contribution in [0.5, 0.6) is 0 Å². The van der Waals surface area contributed by atoms with E-state index in [2.05, 4.69) is 43.0 Å². The minimum absolute atomic E-state index is 0.296. The molecule has 0 unspecified atom stereocenters. The van der Waals surface area contributed by atoms with Crippen molar-refractivity contribution in [2.75, 3.05) is 17.6 Å². The van der Waals surface area contributed by atoms with Gasteiger partial charge in [-0.15, -0.1) is 0 Å². The molecule has 0 fully saturated rings. The second-order valence-corrected chi connectivity index (χ2v) is 5.91. The van der Waals surface area contributed by atoms with E-state index in [0.29, 0.717) is 11.7 Å². The van der Waals surface area contributed by atoms with Gasteiger partial charge in [-0.2, -0.15) is 0 Å². The molecule has 4 heteroatoms. The third kappa shape index (κ3) is 5.05. The number of anilines is 2. The number of rotatable bonds is 7. The van der Waals surface area contributed by atoms with Gasteiger partial charge in [0.25, 0.3) is 0 Å². The molecule has 4 nitrogen and oxygen atoms in total. The largest absolute Gasteiger partial charge is 0.383 e. The van der Waals surface area contributed by atoms with Crippen molar-refractivity contribution < 1.29 is 0 Å². The fourth-order valence-electron chi connectivity index (χ4n) is 1.87. The third-order valence-electron chi connectivity index (χ3n) is 3.22. The highest BCUT2D eigenvalue weighted by atomic mass is 15.1. The first-order valence-electron chi connectivity index (χ1n) is 7.29. The molecule has 1 heterocycles. The van der Waals surface area contributed by atoms with Crippen LogP contribution in [0.25, 0.3) is 0 Å². The van der Waals surface area contributed by atoms with Gasteiger partial charge in [0.1, 0.15) is 17.5 Å². The Hall–Kier alpha value is -1.32. The third-order valence-corrected chi connectivity index (χ3v) is 3.22. The summed E-state index contributed by atoms with van der Waals surface area (Å²) in [6.45, 7) is 11.6. The first-order valence-corrected chi connectivity index (χ1v) is 7.29. The molecule has 1 aromatic heterocycles. The van der Waals surface area contributed by atoms with Gasteiger partial charge in [-0.05, 0) is 19.3 Å². The lowest BCUT2D eigenvalue weighted by Crippen LogP contribution is -2.11. The van der Waals surface area contributed by atoms with E-state index in [9.17, 15) is 0 Å². The number of nitrogen functional groups attached to an aromatic ring is 1. The molecule has 0 saturated carbocycles. The van der Waals surface area contributed by atoms with Crippen molar-refractivity contribution in [3.8, 4) is 0 Å². The summed E-state index contributed by atoms with van der Waals surface area (Å²) >= 11 is 0. The van der Waals surface area contributed by atoms with Crippen molar-refractivity contribution >= 4 is 11.6 Å². The van der Waals surface area contributed by atoms with Crippen molar-refractivity contribution in [2.24, 2.45) is 5.92 Å². The fourth-order valence-corrected chi connectivity index (χ4v) is 1.87. The number of nitrogens with one attached hydrogen (secondary N) is 1. The molecule has 0 aliphatic carbocycles. The normalized spacial score (nSPS) is 11.3. The fraction of sp³-hybridized carbons (Fsp3) is 0.733. The van der Waals surface area contributed by atoms with Crippen molar-refractivity contribution in [3.63, 3.8) is 0 Å². The zero-order chi connectivity index (χ0) is 14.4. The number of hydrogen-bond donors (Lipinski definition) is 2. The second-order valence-electron chi connectivity index (χ2n) is 5.91. The van der Waals surface area contributed by atoms with Crippen LogP contribution in [0.2, 0.25) is 0 Å². The van der Waals surface area contributed by atoms with Crippen LogP contribution in [0.1, 0.15) is 64.3 Å². The van der Waals surface area contributed by atoms with Crippen LogP contribution in [0.3, 0.4) is 0 Å². The van der Waals surface area contributed by atoms with Gasteiger partial charge in [0.05, 0.1) is 0 Å². The molecular weight excluding hydrogens is 236 g/mol. The Kier molecular flexibility index (Phi) is 6.06. The monoisotopic (exact) mass is 264 g/mol. The molecule has 1 rings (SSSR count). The van der Waals surface area contributed by atoms with E-state index in [1.165, 1.54) is 19.3 Å². The van der Waals surface area contributed by atoms with E-state index in [1.807, 2.05) is 6.92 Å². The number of nitrogens with two attached hydrogens (primary N) is 1. The number of unbranched alkanes of at least 4 members (excludes halogenated alkanes) is 1. The minimum atomic E-state index is 0.296. The summed E-state index contributed by atoms with van der Waals surface area (Å²) in [5, 5.41) is 3.39. The van der Waals surface area contributed by atoms with Gasteiger partial charge in [-0.3, -0.25) is 0 Å². The molecule has 3 N–H and O–H groups in total. The molecule has 0 aliphatic heterocycles. The lowest BCUT2D eigenvalue weighted by atomic mass is 10.1. The quantitative estimate of drug-likeness (QED) is 0.737. The Morgan fingerprint density at radius 2 is 1.79 bits per heavy atom. The summed E-state index contributed by atoms with van der Waals surface area (Å²) in [7, 11) is 0. The summed E-state index contributed by atoms with van der Waals surface area (Å²) in [4.78, 5) is 8.89. The van der Waals surface area contributed by atoms with E-state index >= 15 is 0 Å². The van der Waals surface area contributed by atoms with E-state index in [0.717, 1.165) is 29.7 Å². The average Bonchev–Trinajstić information content (AvgIpc) is 2.33. The van der Waals surface area contributed by atoms with Gasteiger partial charge < -0.3 is 11.1 Å². The molecule has 0 bridgehead atoms. The van der Waals surface area contributed by atoms with Crippen molar-refractivity contribution in [1.29, 1.82) is 0 Å². The van der Waals surface area contributed by atoms with Crippen LogP contribution in [0.15, 0.2) is 0 Å². The molecular formula is C15H28N4. The molecule has 1 aromatic rings. The highest BCUT2D eigenvalue weighted by Gasteiger charge is 2.10. The summed E-state index contributed by atoms with van der Waals surface area (Å²) < 4.78 is 0. The molecule has 108 valence electrons. The number of nitrogens with zero attached hydrogens (tertiary/aromatic N) is 2. The maximum Gasteiger partial charge on any atom is 0.135 e. The zero-order valence-corrected chi connectivity index (χ0v) is 13.0. The second kappa shape index (κ2) is 7.31. The van der Waals surface area contributed by atoms with Gasteiger partial charge in [0.15, 0.2) is 0 Å². The minimum Gasteiger partial charge on any atom is -0.383 e. The van der Waals surface area contributed by atoms with Gasteiger partial charge in [0, 0.05) is 18.0 Å². The Balaban J connectivity index is 2.57. The van der Waals surface area contributed by atoms with E-state index in [1.54, 1.807) is 0 Å². The molecule has 0 aromatic carbocycles. The summed E-state index contributed by atoms with van der Waals surface area (Å²) in [6, 6.07) is 0. The van der Waals surface area contributed by atoms with Crippen molar-refractivity contribution in [2.45, 2.75) is 59.8 Å². The molecule has 0 atom stereocenters. The topological polar surface area (TPSA) is 63.8 Å². The van der Waals surface area contributed by atoms with E-state index < -0.39 is 0 Å². The predicted octanol–water partition coefficient (Wildman–Crippen LogP) is 3.73. The predicted molar refractivity (Wildman–Crippen MR) is 82.4 cm³/mol. The average molecular weight is 264 g/mol. The Morgan fingerprint density at radius 3 is 2.37 bits per heavy atom. The van der Waals surface area contributed by atoms with Crippen molar-refractivity contribution in [3.05, 3.63) is 11.4 Å². The van der Waals surface area contributed by atoms with Crippen LogP contribution < -0.4 is 11.1 Å². The number of aromatic nitrogens is 2. The van der Waals surface area contributed by atoms with Crippen LogP contribution in [-0.4, -0.2) is 16.5 Å². The van der Waals surface area contributed by atoms with Gasteiger partial charge in [0.2, 0.25) is 0 Å². The Labute approximate surface area is 117 Å². The molecule has 0 radical (unpaired) electrons. The molecule has 0 saturated heterocycles. The van der Waals surface area contributed by atoms with Gasteiger partial charge >= 0.3 is 0 Å².